The second-order valence-corrected chi connectivity index (χ2v) is 6.41. The Kier molecular flexibility index (Phi) is 4.44. The quantitative estimate of drug-likeness (QED) is 0.848. The molecule has 0 fully saturated rings. The van der Waals surface area contributed by atoms with Gasteiger partial charge >= 0.3 is 0 Å². The maximum Gasteiger partial charge on any atom is 0.241 e. The third-order valence-corrected chi connectivity index (χ3v) is 4.89. The third-order valence-electron chi connectivity index (χ3n) is 2.69. The van der Waals surface area contributed by atoms with Crippen LogP contribution in [0.4, 0.5) is 0 Å². The molecule has 0 aliphatic heterocycles. The van der Waals surface area contributed by atoms with Gasteiger partial charge in [0.2, 0.25) is 10.0 Å². The fourth-order valence-corrected chi connectivity index (χ4v) is 3.24. The van der Waals surface area contributed by atoms with E-state index in [1.54, 1.807) is 43.3 Å². The highest BCUT2D eigenvalue weighted by Crippen LogP contribution is 2.18. The normalized spacial score (nSPS) is 13.4. The van der Waals surface area contributed by atoms with E-state index in [1.807, 2.05) is 0 Å². The molecule has 2 aromatic rings. The molecule has 0 saturated heterocycles. The summed E-state index contributed by atoms with van der Waals surface area (Å²) in [5.74, 6) is 0.584. The largest absolute Gasteiger partial charge is 0.468 e. The zero-order valence-electron chi connectivity index (χ0n) is 10.3. The highest BCUT2D eigenvalue weighted by Gasteiger charge is 2.19. The molecule has 0 radical (unpaired) electrons. The van der Waals surface area contributed by atoms with E-state index in [0.29, 0.717) is 11.1 Å². The van der Waals surface area contributed by atoms with Gasteiger partial charge in [0, 0.05) is 5.33 Å². The van der Waals surface area contributed by atoms with Gasteiger partial charge in [0.15, 0.2) is 0 Å². The van der Waals surface area contributed by atoms with Crippen molar-refractivity contribution in [1.29, 1.82) is 0 Å². The number of alkyl halides is 1. The summed E-state index contributed by atoms with van der Waals surface area (Å²) in [5.41, 5.74) is 1.03. The number of benzene rings is 1. The van der Waals surface area contributed by atoms with E-state index in [-0.39, 0.29) is 4.90 Å². The van der Waals surface area contributed by atoms with Gasteiger partial charge in [0.1, 0.15) is 5.76 Å². The first-order valence-corrected chi connectivity index (χ1v) is 8.34. The van der Waals surface area contributed by atoms with Crippen molar-refractivity contribution in [3.63, 3.8) is 0 Å². The molecule has 0 amide bonds. The molecule has 1 aromatic carbocycles. The second-order valence-electron chi connectivity index (χ2n) is 4.14. The molecule has 0 saturated carbocycles. The molecule has 19 heavy (non-hydrogen) atoms. The van der Waals surface area contributed by atoms with E-state index < -0.39 is 16.1 Å². The van der Waals surface area contributed by atoms with E-state index in [1.165, 1.54) is 6.26 Å². The molecule has 1 aromatic heterocycles. The lowest BCUT2D eigenvalue weighted by molar-refractivity contribution is 0.459. The molecule has 0 aliphatic carbocycles. The van der Waals surface area contributed by atoms with Gasteiger partial charge in [-0.1, -0.05) is 28.1 Å². The summed E-state index contributed by atoms with van der Waals surface area (Å²) >= 11 is 3.32. The molecular weight excluding hydrogens is 330 g/mol. The van der Waals surface area contributed by atoms with Crippen LogP contribution in [-0.4, -0.2) is 8.42 Å². The Labute approximate surface area is 121 Å². The molecule has 0 bridgehead atoms. The predicted octanol–water partition coefficient (Wildman–Crippen LogP) is 3.21. The third kappa shape index (κ3) is 3.46. The summed E-state index contributed by atoms with van der Waals surface area (Å²) in [6.07, 6.45) is 1.52. The summed E-state index contributed by atoms with van der Waals surface area (Å²) in [4.78, 5) is 0.246. The number of hydrogen-bond acceptors (Lipinski definition) is 3. The lowest BCUT2D eigenvalue weighted by atomic mass is 10.2. The van der Waals surface area contributed by atoms with E-state index in [9.17, 15) is 8.42 Å². The average Bonchev–Trinajstić information content (AvgIpc) is 2.92. The first kappa shape index (κ1) is 14.3. The van der Waals surface area contributed by atoms with Crippen molar-refractivity contribution >= 4 is 26.0 Å². The summed E-state index contributed by atoms with van der Waals surface area (Å²) in [6, 6.07) is 9.80. The van der Waals surface area contributed by atoms with Crippen LogP contribution in [0.25, 0.3) is 0 Å². The lowest BCUT2D eigenvalue weighted by Gasteiger charge is -2.12. The van der Waals surface area contributed by atoms with Crippen LogP contribution in [0.3, 0.4) is 0 Å². The Hall–Kier alpha value is -1.11. The van der Waals surface area contributed by atoms with Gasteiger partial charge in [0.25, 0.3) is 0 Å². The smallest absolute Gasteiger partial charge is 0.241 e. The number of hydrogen-bond donors (Lipinski definition) is 1. The predicted molar refractivity (Wildman–Crippen MR) is 76.5 cm³/mol. The van der Waals surface area contributed by atoms with E-state index in [2.05, 4.69) is 20.7 Å². The van der Waals surface area contributed by atoms with Crippen molar-refractivity contribution in [2.24, 2.45) is 0 Å². The van der Waals surface area contributed by atoms with Crippen molar-refractivity contribution in [3.05, 3.63) is 54.0 Å². The van der Waals surface area contributed by atoms with E-state index in [0.717, 1.165) is 5.56 Å². The number of sulfonamides is 1. The van der Waals surface area contributed by atoms with Gasteiger partial charge < -0.3 is 4.42 Å². The van der Waals surface area contributed by atoms with Gasteiger partial charge in [-0.05, 0) is 36.8 Å². The maximum absolute atomic E-state index is 12.2. The number of nitrogens with one attached hydrogen (secondary N) is 1. The van der Waals surface area contributed by atoms with E-state index in [4.69, 9.17) is 4.42 Å². The summed E-state index contributed by atoms with van der Waals surface area (Å²) < 4.78 is 32.1. The van der Waals surface area contributed by atoms with E-state index >= 15 is 0 Å². The van der Waals surface area contributed by atoms with Crippen LogP contribution in [0.5, 0.6) is 0 Å². The molecule has 1 atom stereocenters. The van der Waals surface area contributed by atoms with Crippen LogP contribution in [0.1, 0.15) is 24.3 Å². The van der Waals surface area contributed by atoms with Crippen LogP contribution in [0, 0.1) is 0 Å². The highest BCUT2D eigenvalue weighted by molar-refractivity contribution is 9.08. The number of furan rings is 1. The highest BCUT2D eigenvalue weighted by atomic mass is 79.9. The molecule has 102 valence electrons. The molecule has 6 heteroatoms. The molecule has 4 nitrogen and oxygen atoms in total. The van der Waals surface area contributed by atoms with Gasteiger partial charge in [0.05, 0.1) is 17.2 Å². The Bertz CT molecular complexity index is 620. The monoisotopic (exact) mass is 343 g/mol. The minimum absolute atomic E-state index is 0.246. The first-order chi connectivity index (χ1) is 9.03. The number of halogens is 1. The Morgan fingerprint density at radius 3 is 2.47 bits per heavy atom. The van der Waals surface area contributed by atoms with Crippen LogP contribution in [-0.2, 0) is 15.4 Å². The molecule has 1 N–H and O–H groups in total. The summed E-state index contributed by atoms with van der Waals surface area (Å²) in [5, 5.41) is 0.698. The Balaban J connectivity index is 2.17. The van der Waals surface area contributed by atoms with Crippen molar-refractivity contribution in [3.8, 4) is 0 Å². The van der Waals surface area contributed by atoms with Gasteiger partial charge in [-0.15, -0.1) is 0 Å². The molecule has 0 aliphatic rings. The van der Waals surface area contributed by atoms with Crippen molar-refractivity contribution in [2.45, 2.75) is 23.2 Å². The zero-order valence-corrected chi connectivity index (χ0v) is 12.7. The molecular formula is C13H14BrNO3S. The van der Waals surface area contributed by atoms with Crippen LogP contribution < -0.4 is 4.72 Å². The molecule has 0 unspecified atom stereocenters. The van der Waals surface area contributed by atoms with Crippen molar-refractivity contribution in [2.75, 3.05) is 0 Å². The van der Waals surface area contributed by atoms with Crippen molar-refractivity contribution in [1.82, 2.24) is 4.72 Å². The maximum atomic E-state index is 12.2. The zero-order chi connectivity index (χ0) is 13.9. The molecule has 0 spiro atoms. The van der Waals surface area contributed by atoms with Crippen LogP contribution in [0.15, 0.2) is 52.0 Å². The topological polar surface area (TPSA) is 59.3 Å². The minimum Gasteiger partial charge on any atom is -0.468 e. The summed E-state index contributed by atoms with van der Waals surface area (Å²) in [6.45, 7) is 1.74. The second kappa shape index (κ2) is 5.90. The van der Waals surface area contributed by atoms with Crippen LogP contribution in [0.2, 0.25) is 0 Å². The van der Waals surface area contributed by atoms with Gasteiger partial charge in [-0.3, -0.25) is 0 Å². The lowest BCUT2D eigenvalue weighted by Crippen LogP contribution is -2.26. The Morgan fingerprint density at radius 2 is 1.95 bits per heavy atom. The van der Waals surface area contributed by atoms with Gasteiger partial charge in [-0.25, -0.2) is 13.1 Å². The first-order valence-electron chi connectivity index (χ1n) is 5.73. The minimum atomic E-state index is -3.54. The molecule has 1 heterocycles. The SMILES string of the molecule is C[C@@H](NS(=O)(=O)c1ccc(CBr)cc1)c1ccco1. The average molecular weight is 344 g/mol. The Morgan fingerprint density at radius 1 is 1.26 bits per heavy atom. The number of rotatable bonds is 5. The summed E-state index contributed by atoms with van der Waals surface area (Å²) in [7, 11) is -3.54. The molecule has 2 rings (SSSR count). The fraction of sp³-hybridized carbons (Fsp3) is 0.231. The van der Waals surface area contributed by atoms with Crippen molar-refractivity contribution < 1.29 is 12.8 Å². The fourth-order valence-electron chi connectivity index (χ4n) is 1.65. The standard InChI is InChI=1S/C13H14BrNO3S/c1-10(13-3-2-8-18-13)15-19(16,17)12-6-4-11(9-14)5-7-12/h2-8,10,15H,9H2,1H3/t10-/m1/s1. The van der Waals surface area contributed by atoms with Crippen LogP contribution >= 0.6 is 15.9 Å². The van der Waals surface area contributed by atoms with Gasteiger partial charge in [-0.2, -0.15) is 0 Å².